The Morgan fingerprint density at radius 3 is 2.50 bits per heavy atom. The van der Waals surface area contributed by atoms with Crippen LogP contribution in [0, 0.1) is 0 Å². The highest BCUT2D eigenvalue weighted by Gasteiger charge is 2.32. The van der Waals surface area contributed by atoms with Gasteiger partial charge in [-0.05, 0) is 37.7 Å². The molecular formula is C13H16F3NO3. The predicted octanol–water partition coefficient (Wildman–Crippen LogP) is 1.52. The zero-order valence-corrected chi connectivity index (χ0v) is 10.8. The number of benzene rings is 1. The van der Waals surface area contributed by atoms with Crippen LogP contribution in [-0.2, 0) is 6.18 Å². The summed E-state index contributed by atoms with van der Waals surface area (Å²) in [6.45, 7) is 0.426. The van der Waals surface area contributed by atoms with Crippen molar-refractivity contribution in [2.75, 3.05) is 13.6 Å². The van der Waals surface area contributed by atoms with Crippen LogP contribution in [0.5, 0.6) is 0 Å². The van der Waals surface area contributed by atoms with Crippen LogP contribution < -0.4 is 5.32 Å². The van der Waals surface area contributed by atoms with Crippen LogP contribution in [0.2, 0.25) is 0 Å². The molecule has 2 atom stereocenters. The summed E-state index contributed by atoms with van der Waals surface area (Å²) in [5, 5.41) is 22.4. The number of rotatable bonds is 6. The maximum atomic E-state index is 12.5. The van der Waals surface area contributed by atoms with Gasteiger partial charge in [0, 0.05) is 5.56 Å². The molecule has 0 aliphatic rings. The molecule has 0 bridgehead atoms. The molecule has 4 nitrogen and oxygen atoms in total. The molecule has 0 spiro atoms. The second-order valence-electron chi connectivity index (χ2n) is 4.36. The van der Waals surface area contributed by atoms with Gasteiger partial charge in [0.15, 0.2) is 0 Å². The minimum Gasteiger partial charge on any atom is -0.390 e. The fourth-order valence-corrected chi connectivity index (χ4v) is 1.78. The molecule has 0 saturated heterocycles. The molecular weight excluding hydrogens is 275 g/mol. The van der Waals surface area contributed by atoms with Gasteiger partial charge in [0.25, 0.3) is 0 Å². The monoisotopic (exact) mass is 291 g/mol. The Morgan fingerprint density at radius 1 is 1.35 bits per heavy atom. The summed E-state index contributed by atoms with van der Waals surface area (Å²) < 4.78 is 37.6. The number of halogens is 3. The van der Waals surface area contributed by atoms with E-state index in [-0.39, 0.29) is 23.8 Å². The average Bonchev–Trinajstić information content (AvgIpc) is 2.42. The molecule has 7 heteroatoms. The van der Waals surface area contributed by atoms with Crippen molar-refractivity contribution in [3.05, 3.63) is 34.9 Å². The summed E-state index contributed by atoms with van der Waals surface area (Å²) in [6.07, 6.45) is -6.70. The van der Waals surface area contributed by atoms with Crippen molar-refractivity contribution in [1.29, 1.82) is 0 Å². The number of alkyl halides is 3. The lowest BCUT2D eigenvalue weighted by Crippen LogP contribution is -2.24. The Morgan fingerprint density at radius 2 is 2.00 bits per heavy atom. The quantitative estimate of drug-likeness (QED) is 0.695. The van der Waals surface area contributed by atoms with Crippen LogP contribution in [0.3, 0.4) is 0 Å². The number of carbonyl (C=O) groups is 1. The molecule has 1 aromatic rings. The van der Waals surface area contributed by atoms with Gasteiger partial charge in [-0.15, -0.1) is 0 Å². The summed E-state index contributed by atoms with van der Waals surface area (Å²) >= 11 is 0. The molecule has 0 fully saturated rings. The van der Waals surface area contributed by atoms with Gasteiger partial charge in [0.05, 0.1) is 11.7 Å². The van der Waals surface area contributed by atoms with E-state index in [0.29, 0.717) is 12.6 Å². The molecule has 0 radical (unpaired) electrons. The molecule has 0 aromatic heterocycles. The first kappa shape index (κ1) is 16.6. The third kappa shape index (κ3) is 4.03. The molecule has 0 saturated carbocycles. The molecule has 1 aromatic carbocycles. The molecule has 0 aliphatic heterocycles. The van der Waals surface area contributed by atoms with E-state index in [1.54, 1.807) is 7.05 Å². The number of nitrogens with one attached hydrogen (secondary N) is 1. The maximum absolute atomic E-state index is 12.5. The number of hydrogen-bond acceptors (Lipinski definition) is 4. The van der Waals surface area contributed by atoms with Crippen LogP contribution in [-0.4, -0.2) is 36.2 Å². The third-order valence-electron chi connectivity index (χ3n) is 2.91. The minimum absolute atomic E-state index is 0.0170. The summed E-state index contributed by atoms with van der Waals surface area (Å²) in [4.78, 5) is 10.9. The molecule has 2 unspecified atom stereocenters. The summed E-state index contributed by atoms with van der Waals surface area (Å²) in [6, 6.07) is 2.45. The first-order chi connectivity index (χ1) is 9.31. The lowest BCUT2D eigenvalue weighted by atomic mass is 9.95. The van der Waals surface area contributed by atoms with Crippen LogP contribution in [0.1, 0.15) is 34.0 Å². The Labute approximate surface area is 114 Å². The van der Waals surface area contributed by atoms with E-state index in [9.17, 15) is 28.2 Å². The van der Waals surface area contributed by atoms with E-state index in [1.165, 1.54) is 0 Å². The Kier molecular flexibility index (Phi) is 5.67. The van der Waals surface area contributed by atoms with Gasteiger partial charge >= 0.3 is 6.18 Å². The second-order valence-corrected chi connectivity index (χ2v) is 4.36. The Bertz CT molecular complexity index is 463. The predicted molar refractivity (Wildman–Crippen MR) is 66.3 cm³/mol. The van der Waals surface area contributed by atoms with Gasteiger partial charge in [-0.3, -0.25) is 4.79 Å². The fourth-order valence-electron chi connectivity index (χ4n) is 1.78. The van der Waals surface area contributed by atoms with E-state index in [1.807, 2.05) is 0 Å². The largest absolute Gasteiger partial charge is 0.416 e. The van der Waals surface area contributed by atoms with Crippen molar-refractivity contribution in [2.24, 2.45) is 0 Å². The number of aliphatic hydroxyl groups excluding tert-OH is 2. The van der Waals surface area contributed by atoms with E-state index in [4.69, 9.17) is 0 Å². The minimum atomic E-state index is -4.56. The van der Waals surface area contributed by atoms with E-state index >= 15 is 0 Å². The van der Waals surface area contributed by atoms with E-state index in [2.05, 4.69) is 5.32 Å². The van der Waals surface area contributed by atoms with Crippen LogP contribution >= 0.6 is 0 Å². The smallest absolute Gasteiger partial charge is 0.390 e. The molecule has 20 heavy (non-hydrogen) atoms. The fraction of sp³-hybridized carbons (Fsp3) is 0.462. The summed E-state index contributed by atoms with van der Waals surface area (Å²) in [7, 11) is 1.66. The lowest BCUT2D eigenvalue weighted by Gasteiger charge is -2.20. The van der Waals surface area contributed by atoms with E-state index in [0.717, 1.165) is 12.1 Å². The molecule has 0 heterocycles. The lowest BCUT2D eigenvalue weighted by molar-refractivity contribution is -0.137. The number of hydrogen-bond donors (Lipinski definition) is 3. The molecule has 112 valence electrons. The maximum Gasteiger partial charge on any atom is 0.416 e. The van der Waals surface area contributed by atoms with Crippen LogP contribution in [0.25, 0.3) is 0 Å². The highest BCUT2D eigenvalue weighted by atomic mass is 19.4. The first-order valence-corrected chi connectivity index (χ1v) is 5.98. The Balaban J connectivity index is 3.03. The zero-order valence-electron chi connectivity index (χ0n) is 10.8. The van der Waals surface area contributed by atoms with Crippen molar-refractivity contribution in [1.82, 2.24) is 5.32 Å². The summed E-state index contributed by atoms with van der Waals surface area (Å²) in [5.74, 6) is 0. The van der Waals surface area contributed by atoms with Crippen molar-refractivity contribution in [3.63, 3.8) is 0 Å². The highest BCUT2D eigenvalue weighted by Crippen LogP contribution is 2.32. The van der Waals surface area contributed by atoms with E-state index < -0.39 is 23.9 Å². The summed E-state index contributed by atoms with van der Waals surface area (Å²) in [5.41, 5.74) is -1.27. The number of aliphatic hydroxyl groups is 2. The van der Waals surface area contributed by atoms with Crippen LogP contribution in [0.15, 0.2) is 18.2 Å². The molecule has 1 rings (SSSR count). The van der Waals surface area contributed by atoms with Gasteiger partial charge in [0.1, 0.15) is 12.4 Å². The number of carbonyl (C=O) groups excluding carboxylic acids is 1. The Hall–Kier alpha value is -1.44. The normalized spacial score (nSPS) is 14.9. The third-order valence-corrected chi connectivity index (χ3v) is 2.91. The van der Waals surface area contributed by atoms with Crippen molar-refractivity contribution in [3.8, 4) is 0 Å². The second kappa shape index (κ2) is 6.83. The van der Waals surface area contributed by atoms with Crippen molar-refractivity contribution in [2.45, 2.75) is 24.8 Å². The van der Waals surface area contributed by atoms with Gasteiger partial charge < -0.3 is 15.5 Å². The number of aldehydes is 1. The molecule has 3 N–H and O–H groups in total. The SMILES string of the molecule is CNCCC(O)C(O)c1ccc(C(F)(F)F)cc1C=O. The van der Waals surface area contributed by atoms with Gasteiger partial charge in [-0.1, -0.05) is 6.07 Å². The standard InChI is InChI=1S/C13H16F3NO3/c1-17-5-4-11(19)12(20)10-3-2-9(13(14,15)16)6-8(10)7-18/h2-3,6-7,11-12,17,19-20H,4-5H2,1H3. The highest BCUT2D eigenvalue weighted by molar-refractivity contribution is 5.78. The van der Waals surface area contributed by atoms with Crippen molar-refractivity contribution >= 4 is 6.29 Å². The topological polar surface area (TPSA) is 69.6 Å². The van der Waals surface area contributed by atoms with Crippen LogP contribution in [0.4, 0.5) is 13.2 Å². The molecule has 0 aliphatic carbocycles. The van der Waals surface area contributed by atoms with Gasteiger partial charge in [-0.2, -0.15) is 13.2 Å². The van der Waals surface area contributed by atoms with Crippen molar-refractivity contribution < 1.29 is 28.2 Å². The molecule has 0 amide bonds. The van der Waals surface area contributed by atoms with Gasteiger partial charge in [-0.25, -0.2) is 0 Å². The first-order valence-electron chi connectivity index (χ1n) is 5.98. The van der Waals surface area contributed by atoms with Gasteiger partial charge in [0.2, 0.25) is 0 Å². The average molecular weight is 291 g/mol. The zero-order chi connectivity index (χ0) is 15.3.